The molecule has 1 amide bonds. The first-order valence-corrected chi connectivity index (χ1v) is 10.3. The van der Waals surface area contributed by atoms with Crippen LogP contribution in [0.3, 0.4) is 0 Å². The second-order valence-electron chi connectivity index (χ2n) is 8.71. The minimum Gasteiger partial charge on any atom is -0.481 e. The molecular formula is C24H25NO3. The van der Waals surface area contributed by atoms with Crippen LogP contribution in [-0.4, -0.2) is 34.0 Å². The van der Waals surface area contributed by atoms with Crippen molar-refractivity contribution in [2.24, 2.45) is 0 Å². The highest BCUT2D eigenvalue weighted by molar-refractivity contribution is 6.01. The standard InChI is InChI=1S/C24H25NO3/c26-21-19-11-5-4-10-18(19)20(22(27)28)24(12-6-7-13-24)25(21)16-23(14-15-23)17-8-2-1-3-9-17/h1-5,8-11,20H,6-7,12-16H2,(H,27,28). The zero-order valence-corrected chi connectivity index (χ0v) is 15.9. The van der Waals surface area contributed by atoms with Crippen molar-refractivity contribution in [1.29, 1.82) is 0 Å². The van der Waals surface area contributed by atoms with Gasteiger partial charge in [-0.15, -0.1) is 0 Å². The van der Waals surface area contributed by atoms with E-state index < -0.39 is 17.4 Å². The fourth-order valence-electron chi connectivity index (χ4n) is 5.66. The Morgan fingerprint density at radius 1 is 0.964 bits per heavy atom. The van der Waals surface area contributed by atoms with E-state index in [-0.39, 0.29) is 11.3 Å². The lowest BCUT2D eigenvalue weighted by atomic mass is 9.71. The summed E-state index contributed by atoms with van der Waals surface area (Å²) < 4.78 is 0. The molecule has 4 nitrogen and oxygen atoms in total. The number of aliphatic carboxylic acids is 1. The van der Waals surface area contributed by atoms with Crippen LogP contribution in [0.1, 0.15) is 65.9 Å². The van der Waals surface area contributed by atoms with Crippen LogP contribution in [0.15, 0.2) is 54.6 Å². The van der Waals surface area contributed by atoms with Crippen LogP contribution in [0.5, 0.6) is 0 Å². The van der Waals surface area contributed by atoms with Gasteiger partial charge in [-0.3, -0.25) is 9.59 Å². The molecular weight excluding hydrogens is 350 g/mol. The van der Waals surface area contributed by atoms with Crippen LogP contribution in [0, 0.1) is 0 Å². The van der Waals surface area contributed by atoms with Crippen molar-refractivity contribution >= 4 is 11.9 Å². The number of hydrogen-bond donors (Lipinski definition) is 1. The average molecular weight is 375 g/mol. The lowest BCUT2D eigenvalue weighted by Crippen LogP contribution is -2.60. The van der Waals surface area contributed by atoms with Crippen molar-refractivity contribution in [3.63, 3.8) is 0 Å². The molecule has 4 heteroatoms. The molecule has 2 aliphatic carbocycles. The third-order valence-electron chi connectivity index (χ3n) is 7.24. The summed E-state index contributed by atoms with van der Waals surface area (Å²) in [6.45, 7) is 0.619. The van der Waals surface area contributed by atoms with Gasteiger partial charge in [0.05, 0.1) is 5.54 Å². The SMILES string of the molecule is O=C(O)C1c2ccccc2C(=O)N(CC2(c3ccccc3)CC2)C12CCCC2. The van der Waals surface area contributed by atoms with E-state index in [0.717, 1.165) is 38.5 Å². The Balaban J connectivity index is 1.62. The summed E-state index contributed by atoms with van der Waals surface area (Å²) in [7, 11) is 0. The molecule has 144 valence electrons. The van der Waals surface area contributed by atoms with Gasteiger partial charge in [0.25, 0.3) is 5.91 Å². The molecule has 1 aliphatic heterocycles. The maximum Gasteiger partial charge on any atom is 0.313 e. The van der Waals surface area contributed by atoms with Gasteiger partial charge in [0.1, 0.15) is 5.92 Å². The number of nitrogens with zero attached hydrogens (tertiary/aromatic N) is 1. The smallest absolute Gasteiger partial charge is 0.313 e. The van der Waals surface area contributed by atoms with Crippen LogP contribution in [0.2, 0.25) is 0 Å². The zero-order chi connectivity index (χ0) is 19.4. The molecule has 1 spiro atoms. The monoisotopic (exact) mass is 375 g/mol. The summed E-state index contributed by atoms with van der Waals surface area (Å²) in [5.74, 6) is -1.44. The van der Waals surface area contributed by atoms with Gasteiger partial charge >= 0.3 is 5.97 Å². The Morgan fingerprint density at radius 3 is 2.25 bits per heavy atom. The highest BCUT2D eigenvalue weighted by Crippen LogP contribution is 2.55. The van der Waals surface area contributed by atoms with Crippen molar-refractivity contribution in [2.45, 2.75) is 55.4 Å². The van der Waals surface area contributed by atoms with E-state index in [0.29, 0.717) is 17.7 Å². The van der Waals surface area contributed by atoms with Crippen LogP contribution in [0.4, 0.5) is 0 Å². The molecule has 0 radical (unpaired) electrons. The Labute approximate surface area is 165 Å². The first kappa shape index (κ1) is 17.5. The third-order valence-corrected chi connectivity index (χ3v) is 7.24. The van der Waals surface area contributed by atoms with E-state index in [4.69, 9.17) is 0 Å². The number of carboxylic acid groups (broad SMARTS) is 1. The first-order chi connectivity index (χ1) is 13.6. The van der Waals surface area contributed by atoms with Crippen molar-refractivity contribution in [3.05, 3.63) is 71.3 Å². The van der Waals surface area contributed by atoms with Gasteiger partial charge in [-0.2, -0.15) is 0 Å². The molecule has 1 unspecified atom stereocenters. The fourth-order valence-corrected chi connectivity index (χ4v) is 5.66. The molecule has 5 rings (SSSR count). The van der Waals surface area contributed by atoms with Gasteiger partial charge in [-0.05, 0) is 42.9 Å². The number of rotatable bonds is 4. The molecule has 1 atom stereocenters. The molecule has 2 fully saturated rings. The highest BCUT2D eigenvalue weighted by atomic mass is 16.4. The van der Waals surface area contributed by atoms with Crippen molar-refractivity contribution in [2.75, 3.05) is 6.54 Å². The summed E-state index contributed by atoms with van der Waals surface area (Å²) in [6, 6.07) is 17.7. The Bertz CT molecular complexity index is 926. The summed E-state index contributed by atoms with van der Waals surface area (Å²) in [6.07, 6.45) is 5.61. The lowest BCUT2D eigenvalue weighted by Gasteiger charge is -2.50. The van der Waals surface area contributed by atoms with Crippen LogP contribution in [0.25, 0.3) is 0 Å². The van der Waals surface area contributed by atoms with Gasteiger partial charge in [-0.25, -0.2) is 0 Å². The second kappa shape index (κ2) is 6.20. The number of carboxylic acids is 1. The van der Waals surface area contributed by atoms with Crippen LogP contribution in [-0.2, 0) is 10.2 Å². The number of benzene rings is 2. The van der Waals surface area contributed by atoms with Gasteiger partial charge < -0.3 is 10.0 Å². The molecule has 28 heavy (non-hydrogen) atoms. The number of carbonyl (C=O) groups excluding carboxylic acids is 1. The number of carbonyl (C=O) groups is 2. The summed E-state index contributed by atoms with van der Waals surface area (Å²) in [5, 5.41) is 10.2. The van der Waals surface area contributed by atoms with E-state index in [2.05, 4.69) is 12.1 Å². The minimum atomic E-state index is -0.809. The topological polar surface area (TPSA) is 57.6 Å². The van der Waals surface area contributed by atoms with Gasteiger partial charge in [0.15, 0.2) is 0 Å². The zero-order valence-electron chi connectivity index (χ0n) is 15.9. The first-order valence-electron chi connectivity index (χ1n) is 10.3. The third kappa shape index (κ3) is 2.43. The fraction of sp³-hybridized carbons (Fsp3) is 0.417. The van der Waals surface area contributed by atoms with Gasteiger partial charge in [0, 0.05) is 17.5 Å². The molecule has 1 heterocycles. The summed E-state index contributed by atoms with van der Waals surface area (Å²) >= 11 is 0. The number of fused-ring (bicyclic) bond motifs is 1. The predicted molar refractivity (Wildman–Crippen MR) is 106 cm³/mol. The molecule has 2 saturated carbocycles. The average Bonchev–Trinajstić information content (AvgIpc) is 3.35. The second-order valence-corrected chi connectivity index (χ2v) is 8.71. The normalized spacial score (nSPS) is 24.2. The maximum atomic E-state index is 13.6. The summed E-state index contributed by atoms with van der Waals surface area (Å²) in [4.78, 5) is 28.0. The number of amides is 1. The van der Waals surface area contributed by atoms with Crippen LogP contribution >= 0.6 is 0 Å². The largest absolute Gasteiger partial charge is 0.481 e. The van der Waals surface area contributed by atoms with E-state index >= 15 is 0 Å². The predicted octanol–water partition coefficient (Wildman–Crippen LogP) is 4.36. The Kier molecular flexibility index (Phi) is 3.87. The number of hydrogen-bond acceptors (Lipinski definition) is 2. The molecule has 2 aromatic carbocycles. The van der Waals surface area contributed by atoms with E-state index in [1.54, 1.807) is 6.07 Å². The molecule has 0 saturated heterocycles. The summed E-state index contributed by atoms with van der Waals surface area (Å²) in [5.41, 5.74) is 1.91. The van der Waals surface area contributed by atoms with Crippen molar-refractivity contribution < 1.29 is 14.7 Å². The molecule has 1 N–H and O–H groups in total. The van der Waals surface area contributed by atoms with Gasteiger partial charge in [-0.1, -0.05) is 61.4 Å². The molecule has 2 aromatic rings. The van der Waals surface area contributed by atoms with Crippen molar-refractivity contribution in [1.82, 2.24) is 4.90 Å². The highest BCUT2D eigenvalue weighted by Gasteiger charge is 2.58. The Hall–Kier alpha value is -2.62. The molecule has 0 bridgehead atoms. The van der Waals surface area contributed by atoms with Gasteiger partial charge in [0.2, 0.25) is 0 Å². The Morgan fingerprint density at radius 2 is 1.61 bits per heavy atom. The lowest BCUT2D eigenvalue weighted by molar-refractivity contribution is -0.143. The van der Waals surface area contributed by atoms with E-state index in [1.165, 1.54) is 5.56 Å². The van der Waals surface area contributed by atoms with E-state index in [1.807, 2.05) is 41.3 Å². The van der Waals surface area contributed by atoms with Crippen molar-refractivity contribution in [3.8, 4) is 0 Å². The maximum absolute atomic E-state index is 13.6. The van der Waals surface area contributed by atoms with Crippen LogP contribution < -0.4 is 0 Å². The quantitative estimate of drug-likeness (QED) is 0.864. The molecule has 0 aromatic heterocycles. The molecule has 3 aliphatic rings. The van der Waals surface area contributed by atoms with E-state index in [9.17, 15) is 14.7 Å². The minimum absolute atomic E-state index is 0.0113.